The van der Waals surface area contributed by atoms with Crippen LogP contribution in [0.3, 0.4) is 0 Å². The van der Waals surface area contributed by atoms with Gasteiger partial charge in [0.05, 0.1) is 12.9 Å². The zero-order valence-electron chi connectivity index (χ0n) is 12.4. The van der Waals surface area contributed by atoms with Crippen molar-refractivity contribution in [2.24, 2.45) is 5.92 Å². The maximum Gasteiger partial charge on any atom is 0.223 e. The molecule has 1 aromatic rings. The van der Waals surface area contributed by atoms with Gasteiger partial charge in [-0.1, -0.05) is 5.16 Å². The zero-order chi connectivity index (χ0) is 14.8. The first-order valence-corrected chi connectivity index (χ1v) is 7.65. The summed E-state index contributed by atoms with van der Waals surface area (Å²) in [5.74, 6) is 0.916. The number of aromatic nitrogens is 1. The number of aryl methyl sites for hydroxylation is 1. The molecule has 0 aromatic carbocycles. The molecule has 1 amide bonds. The summed E-state index contributed by atoms with van der Waals surface area (Å²) < 4.78 is 17.8. The van der Waals surface area contributed by atoms with Crippen molar-refractivity contribution in [2.75, 3.05) is 26.3 Å². The van der Waals surface area contributed by atoms with Gasteiger partial charge in [-0.2, -0.15) is 0 Å². The molecule has 1 atom stereocenters. The fourth-order valence-electron chi connectivity index (χ4n) is 3.37. The summed E-state index contributed by atoms with van der Waals surface area (Å²) in [7, 11) is 0. The third-order valence-electron chi connectivity index (χ3n) is 4.70. The summed E-state index contributed by atoms with van der Waals surface area (Å²) in [5.41, 5.74) is 1.13. The second-order valence-corrected chi connectivity index (χ2v) is 6.19. The third kappa shape index (κ3) is 3.10. The van der Waals surface area contributed by atoms with Crippen LogP contribution < -0.4 is 0 Å². The Labute approximate surface area is 124 Å². The summed E-state index contributed by atoms with van der Waals surface area (Å²) in [5, 5.41) is 3.80. The molecule has 116 valence electrons. The quantitative estimate of drug-likeness (QED) is 0.849. The van der Waals surface area contributed by atoms with Gasteiger partial charge >= 0.3 is 0 Å². The number of nitrogens with zero attached hydrogens (tertiary/aromatic N) is 3. The number of likely N-dealkylation sites (tertiary alicyclic amines) is 2. The van der Waals surface area contributed by atoms with Crippen LogP contribution in [0.1, 0.15) is 30.6 Å². The Morgan fingerprint density at radius 3 is 2.76 bits per heavy atom. The molecule has 21 heavy (non-hydrogen) atoms. The van der Waals surface area contributed by atoms with Crippen molar-refractivity contribution >= 4 is 5.91 Å². The molecule has 0 saturated carbocycles. The minimum atomic E-state index is -0.381. The highest BCUT2D eigenvalue weighted by Crippen LogP contribution is 2.26. The normalized spacial score (nSPS) is 25.0. The largest absolute Gasteiger partial charge is 0.361 e. The smallest absolute Gasteiger partial charge is 0.223 e. The maximum atomic E-state index is 12.7. The van der Waals surface area contributed by atoms with Gasteiger partial charge in [-0.25, -0.2) is 0 Å². The molecule has 0 N–H and O–H groups in total. The highest BCUT2D eigenvalue weighted by molar-refractivity contribution is 5.79. The number of piperidine rings is 1. The molecule has 1 aromatic heterocycles. The van der Waals surface area contributed by atoms with Crippen LogP contribution in [0.25, 0.3) is 0 Å². The van der Waals surface area contributed by atoms with E-state index in [1.54, 1.807) is 6.20 Å². The molecule has 0 spiro atoms. The van der Waals surface area contributed by atoms with Crippen molar-refractivity contribution < 1.29 is 13.7 Å². The van der Waals surface area contributed by atoms with E-state index in [1.807, 2.05) is 11.8 Å². The van der Waals surface area contributed by atoms with Crippen molar-refractivity contribution in [1.29, 1.82) is 0 Å². The molecule has 5 nitrogen and oxygen atoms in total. The van der Waals surface area contributed by atoms with Gasteiger partial charge in [0.15, 0.2) is 0 Å². The number of carbonyl (C=O) groups excluding carboxylic acids is 1. The first kappa shape index (κ1) is 14.5. The van der Waals surface area contributed by atoms with Gasteiger partial charge < -0.3 is 9.42 Å². The van der Waals surface area contributed by atoms with Gasteiger partial charge in [0.1, 0.15) is 5.76 Å². The lowest BCUT2D eigenvalue weighted by atomic mass is 10.0. The predicted molar refractivity (Wildman–Crippen MR) is 75.3 cm³/mol. The highest BCUT2D eigenvalue weighted by atomic mass is 19.1. The molecular formula is C15H22FN3O2. The van der Waals surface area contributed by atoms with Crippen molar-refractivity contribution in [2.45, 2.75) is 38.8 Å². The highest BCUT2D eigenvalue weighted by Gasteiger charge is 2.35. The Kier molecular flexibility index (Phi) is 4.24. The fraction of sp³-hybridized carbons (Fsp3) is 0.733. The summed E-state index contributed by atoms with van der Waals surface area (Å²) in [4.78, 5) is 16.2. The monoisotopic (exact) mass is 295 g/mol. The summed E-state index contributed by atoms with van der Waals surface area (Å²) >= 11 is 0. The van der Waals surface area contributed by atoms with E-state index in [-0.39, 0.29) is 24.5 Å². The van der Waals surface area contributed by atoms with Crippen LogP contribution in [0.5, 0.6) is 0 Å². The number of carbonyl (C=O) groups is 1. The first-order valence-electron chi connectivity index (χ1n) is 7.65. The first-order chi connectivity index (χ1) is 10.2. The molecule has 3 heterocycles. The lowest BCUT2D eigenvalue weighted by Gasteiger charge is -2.36. The zero-order valence-corrected chi connectivity index (χ0v) is 12.4. The number of rotatable bonds is 4. The Morgan fingerprint density at radius 1 is 1.43 bits per heavy atom. The van der Waals surface area contributed by atoms with Crippen molar-refractivity contribution in [3.8, 4) is 0 Å². The molecule has 0 radical (unpaired) electrons. The van der Waals surface area contributed by atoms with Gasteiger partial charge in [0.2, 0.25) is 5.91 Å². The van der Waals surface area contributed by atoms with Crippen LogP contribution in [0, 0.1) is 12.8 Å². The van der Waals surface area contributed by atoms with Gasteiger partial charge in [-0.05, 0) is 19.8 Å². The maximum absolute atomic E-state index is 12.7. The molecule has 2 aliphatic heterocycles. The average molecular weight is 295 g/mol. The molecule has 0 bridgehead atoms. The summed E-state index contributed by atoms with van der Waals surface area (Å²) in [6.45, 7) is 4.91. The topological polar surface area (TPSA) is 49.6 Å². The summed E-state index contributed by atoms with van der Waals surface area (Å²) in [6.07, 6.45) is 4.10. The van der Waals surface area contributed by atoms with Crippen molar-refractivity contribution in [3.05, 3.63) is 17.5 Å². The van der Waals surface area contributed by atoms with Crippen LogP contribution in [-0.2, 0) is 11.3 Å². The van der Waals surface area contributed by atoms with E-state index < -0.39 is 0 Å². The van der Waals surface area contributed by atoms with Crippen molar-refractivity contribution in [3.63, 3.8) is 0 Å². The van der Waals surface area contributed by atoms with Crippen LogP contribution >= 0.6 is 0 Å². The molecule has 2 aliphatic rings. The van der Waals surface area contributed by atoms with Gasteiger partial charge in [0, 0.05) is 50.1 Å². The Hall–Kier alpha value is -1.43. The average Bonchev–Trinajstić information content (AvgIpc) is 3.06. The van der Waals surface area contributed by atoms with Gasteiger partial charge in [-0.15, -0.1) is 0 Å². The molecular weight excluding hydrogens is 273 g/mol. The molecule has 3 rings (SSSR count). The van der Waals surface area contributed by atoms with E-state index in [4.69, 9.17) is 4.52 Å². The standard InChI is InChI=1S/C15H22FN3O2/c1-11-13(8-17-21-11)10-18-4-2-14(3-5-18)19-9-12(7-16)6-15(19)20/h8,12,14H,2-7,9-10H2,1H3. The predicted octanol–water partition coefficient (Wildman–Crippen LogP) is 1.77. The number of halogens is 1. The molecule has 1 unspecified atom stereocenters. The van der Waals surface area contributed by atoms with E-state index in [2.05, 4.69) is 10.1 Å². The van der Waals surface area contributed by atoms with Gasteiger partial charge in [0.25, 0.3) is 0 Å². The van der Waals surface area contributed by atoms with Crippen LogP contribution in [0.15, 0.2) is 10.7 Å². The number of amides is 1. The number of hydrogen-bond donors (Lipinski definition) is 0. The van der Waals surface area contributed by atoms with Gasteiger partial charge in [-0.3, -0.25) is 14.1 Å². The summed E-state index contributed by atoms with van der Waals surface area (Å²) in [6, 6.07) is 0.286. The lowest BCUT2D eigenvalue weighted by molar-refractivity contribution is -0.130. The minimum Gasteiger partial charge on any atom is -0.361 e. The van der Waals surface area contributed by atoms with E-state index in [1.165, 1.54) is 0 Å². The Bertz CT molecular complexity index is 497. The SMILES string of the molecule is Cc1oncc1CN1CCC(N2CC(CF)CC2=O)CC1. The van der Waals surface area contributed by atoms with E-state index >= 15 is 0 Å². The van der Waals surface area contributed by atoms with E-state index in [0.717, 1.165) is 43.8 Å². The van der Waals surface area contributed by atoms with Crippen molar-refractivity contribution in [1.82, 2.24) is 15.0 Å². The lowest BCUT2D eigenvalue weighted by Crippen LogP contribution is -2.45. The second-order valence-electron chi connectivity index (χ2n) is 6.19. The van der Waals surface area contributed by atoms with Crippen LogP contribution in [0.2, 0.25) is 0 Å². The van der Waals surface area contributed by atoms with E-state index in [0.29, 0.717) is 13.0 Å². The molecule has 6 heteroatoms. The number of alkyl halides is 1. The fourth-order valence-corrected chi connectivity index (χ4v) is 3.37. The second kappa shape index (κ2) is 6.13. The Morgan fingerprint density at radius 2 is 2.19 bits per heavy atom. The third-order valence-corrected chi connectivity index (χ3v) is 4.70. The molecule has 0 aliphatic carbocycles. The van der Waals surface area contributed by atoms with Crippen LogP contribution in [-0.4, -0.2) is 53.2 Å². The molecule has 2 saturated heterocycles. The minimum absolute atomic E-state index is 0.0878. The Balaban J connectivity index is 1.51. The molecule has 2 fully saturated rings. The number of hydrogen-bond acceptors (Lipinski definition) is 4. The van der Waals surface area contributed by atoms with E-state index in [9.17, 15) is 9.18 Å². The van der Waals surface area contributed by atoms with Crippen LogP contribution in [0.4, 0.5) is 4.39 Å².